The molecule has 0 radical (unpaired) electrons. The predicted octanol–water partition coefficient (Wildman–Crippen LogP) is 4.79. The highest BCUT2D eigenvalue weighted by atomic mass is 16.7. The number of allylic oxidation sites excluding steroid dienone is 2. The van der Waals surface area contributed by atoms with Crippen LogP contribution in [0.5, 0.6) is 11.5 Å². The van der Waals surface area contributed by atoms with E-state index in [1.165, 1.54) is 5.57 Å². The normalized spacial score (nSPS) is 13.6. The topological polar surface area (TPSA) is 47.6 Å². The van der Waals surface area contributed by atoms with Gasteiger partial charge in [-0.1, -0.05) is 45.0 Å². The second kappa shape index (κ2) is 7.24. The molecule has 0 spiro atoms. The van der Waals surface area contributed by atoms with E-state index >= 15 is 0 Å². The number of fused-ring (bicyclic) bond motifs is 1. The maximum absolute atomic E-state index is 12.4. The van der Waals surface area contributed by atoms with Crippen molar-refractivity contribution in [3.8, 4) is 11.5 Å². The quantitative estimate of drug-likeness (QED) is 0.861. The second-order valence-corrected chi connectivity index (χ2v) is 7.64. The molecule has 0 aliphatic carbocycles. The van der Waals surface area contributed by atoms with Crippen LogP contribution in [0, 0.1) is 5.41 Å². The molecule has 4 nitrogen and oxygen atoms in total. The SMILES string of the molecule is C/C(=C\C(C)(C)C)c1ccc(C(=O)NCc2ccc3c(c2)OCO3)cc1. The lowest BCUT2D eigenvalue weighted by Gasteiger charge is -2.14. The fourth-order valence-electron chi connectivity index (χ4n) is 2.95. The molecule has 0 aromatic heterocycles. The van der Waals surface area contributed by atoms with Crippen molar-refractivity contribution in [2.24, 2.45) is 5.41 Å². The van der Waals surface area contributed by atoms with Crippen molar-refractivity contribution in [1.82, 2.24) is 5.32 Å². The fraction of sp³-hybridized carbons (Fsp3) is 0.318. The van der Waals surface area contributed by atoms with Crippen LogP contribution in [0.25, 0.3) is 5.57 Å². The molecular weight excluding hydrogens is 326 g/mol. The maximum Gasteiger partial charge on any atom is 0.251 e. The van der Waals surface area contributed by atoms with Gasteiger partial charge in [0.1, 0.15) is 0 Å². The summed E-state index contributed by atoms with van der Waals surface area (Å²) >= 11 is 0. The molecule has 0 atom stereocenters. The largest absolute Gasteiger partial charge is 0.454 e. The molecule has 0 saturated heterocycles. The van der Waals surface area contributed by atoms with E-state index in [1.807, 2.05) is 42.5 Å². The minimum atomic E-state index is -0.0910. The lowest BCUT2D eigenvalue weighted by Crippen LogP contribution is -2.22. The zero-order chi connectivity index (χ0) is 18.7. The first-order valence-electron chi connectivity index (χ1n) is 8.78. The van der Waals surface area contributed by atoms with Gasteiger partial charge in [0, 0.05) is 12.1 Å². The summed E-state index contributed by atoms with van der Waals surface area (Å²) < 4.78 is 10.7. The molecule has 136 valence electrons. The molecule has 0 fully saturated rings. The van der Waals surface area contributed by atoms with E-state index in [9.17, 15) is 4.79 Å². The Labute approximate surface area is 154 Å². The van der Waals surface area contributed by atoms with Crippen LogP contribution in [0.1, 0.15) is 49.2 Å². The minimum absolute atomic E-state index is 0.0910. The summed E-state index contributed by atoms with van der Waals surface area (Å²) in [7, 11) is 0. The van der Waals surface area contributed by atoms with E-state index < -0.39 is 0 Å². The molecule has 0 saturated carbocycles. The van der Waals surface area contributed by atoms with Gasteiger partial charge in [-0.05, 0) is 53.3 Å². The van der Waals surface area contributed by atoms with Crippen molar-refractivity contribution >= 4 is 11.5 Å². The average Bonchev–Trinajstić information content (AvgIpc) is 3.06. The number of hydrogen-bond acceptors (Lipinski definition) is 3. The third-order valence-electron chi connectivity index (χ3n) is 4.14. The van der Waals surface area contributed by atoms with Crippen molar-refractivity contribution in [2.45, 2.75) is 34.2 Å². The third-order valence-corrected chi connectivity index (χ3v) is 4.14. The summed E-state index contributed by atoms with van der Waals surface area (Å²) in [5.74, 6) is 1.38. The highest BCUT2D eigenvalue weighted by Gasteiger charge is 2.14. The summed E-state index contributed by atoms with van der Waals surface area (Å²) in [5.41, 5.74) is 4.10. The number of hydrogen-bond donors (Lipinski definition) is 1. The van der Waals surface area contributed by atoms with Crippen LogP contribution in [0.3, 0.4) is 0 Å². The zero-order valence-electron chi connectivity index (χ0n) is 15.8. The standard InChI is InChI=1S/C22H25NO3/c1-15(12-22(2,3)4)17-6-8-18(9-7-17)21(24)23-13-16-5-10-19-20(11-16)26-14-25-19/h5-12H,13-14H2,1-4H3,(H,23,24)/b15-12+. The molecule has 0 unspecified atom stereocenters. The number of carbonyl (C=O) groups excluding carboxylic acids is 1. The Balaban J connectivity index is 1.62. The number of amides is 1. The highest BCUT2D eigenvalue weighted by Crippen LogP contribution is 2.32. The lowest BCUT2D eigenvalue weighted by molar-refractivity contribution is 0.0951. The van der Waals surface area contributed by atoms with Crippen molar-refractivity contribution in [2.75, 3.05) is 6.79 Å². The van der Waals surface area contributed by atoms with Gasteiger partial charge in [0.05, 0.1) is 0 Å². The van der Waals surface area contributed by atoms with Crippen LogP contribution in [-0.2, 0) is 6.54 Å². The second-order valence-electron chi connectivity index (χ2n) is 7.64. The monoisotopic (exact) mass is 351 g/mol. The molecule has 1 aliphatic heterocycles. The molecule has 1 N–H and O–H groups in total. The number of rotatable bonds is 4. The zero-order valence-corrected chi connectivity index (χ0v) is 15.8. The number of carbonyl (C=O) groups is 1. The van der Waals surface area contributed by atoms with Gasteiger partial charge < -0.3 is 14.8 Å². The van der Waals surface area contributed by atoms with Crippen molar-refractivity contribution < 1.29 is 14.3 Å². The highest BCUT2D eigenvalue weighted by molar-refractivity contribution is 5.94. The van der Waals surface area contributed by atoms with Gasteiger partial charge in [-0.3, -0.25) is 4.79 Å². The van der Waals surface area contributed by atoms with Crippen molar-refractivity contribution in [3.05, 3.63) is 65.2 Å². The molecule has 1 aliphatic rings. The summed E-state index contributed by atoms with van der Waals surface area (Å²) in [6.07, 6.45) is 2.24. The Kier molecular flexibility index (Phi) is 5.03. The summed E-state index contributed by atoms with van der Waals surface area (Å²) in [6, 6.07) is 13.4. The van der Waals surface area contributed by atoms with Gasteiger partial charge in [-0.15, -0.1) is 0 Å². The van der Waals surface area contributed by atoms with Gasteiger partial charge in [0.25, 0.3) is 5.91 Å². The molecule has 3 rings (SSSR count). The Morgan fingerprint density at radius 2 is 1.69 bits per heavy atom. The fourth-order valence-corrected chi connectivity index (χ4v) is 2.95. The molecule has 26 heavy (non-hydrogen) atoms. The van der Waals surface area contributed by atoms with Crippen LogP contribution < -0.4 is 14.8 Å². The Bertz CT molecular complexity index is 829. The molecule has 1 heterocycles. The number of ether oxygens (including phenoxy) is 2. The molecular formula is C22H25NO3. The summed E-state index contributed by atoms with van der Waals surface area (Å²) in [6.45, 7) is 9.32. The van der Waals surface area contributed by atoms with Crippen LogP contribution in [0.15, 0.2) is 48.5 Å². The van der Waals surface area contributed by atoms with Crippen molar-refractivity contribution in [1.29, 1.82) is 0 Å². The summed E-state index contributed by atoms with van der Waals surface area (Å²) in [5, 5.41) is 2.94. The first kappa shape index (κ1) is 18.1. The lowest BCUT2D eigenvalue weighted by atomic mass is 9.91. The molecule has 0 bridgehead atoms. The minimum Gasteiger partial charge on any atom is -0.454 e. The van der Waals surface area contributed by atoms with E-state index in [1.54, 1.807) is 0 Å². The van der Waals surface area contributed by atoms with Gasteiger partial charge in [0.2, 0.25) is 6.79 Å². The molecule has 2 aromatic carbocycles. The van der Waals surface area contributed by atoms with Gasteiger partial charge in [0.15, 0.2) is 11.5 Å². The molecule has 1 amide bonds. The Hall–Kier alpha value is -2.75. The average molecular weight is 351 g/mol. The van der Waals surface area contributed by atoms with Crippen LogP contribution >= 0.6 is 0 Å². The molecule has 4 heteroatoms. The number of benzene rings is 2. The first-order valence-corrected chi connectivity index (χ1v) is 8.78. The number of nitrogens with one attached hydrogen (secondary N) is 1. The smallest absolute Gasteiger partial charge is 0.251 e. The third kappa shape index (κ3) is 4.45. The maximum atomic E-state index is 12.4. The Morgan fingerprint density at radius 1 is 1.04 bits per heavy atom. The van der Waals surface area contributed by atoms with Crippen LogP contribution in [0.2, 0.25) is 0 Å². The van der Waals surface area contributed by atoms with E-state index in [2.05, 4.69) is 39.1 Å². The Morgan fingerprint density at radius 3 is 2.38 bits per heavy atom. The van der Waals surface area contributed by atoms with Gasteiger partial charge in [-0.25, -0.2) is 0 Å². The van der Waals surface area contributed by atoms with E-state index in [4.69, 9.17) is 9.47 Å². The summed E-state index contributed by atoms with van der Waals surface area (Å²) in [4.78, 5) is 12.4. The van der Waals surface area contributed by atoms with Gasteiger partial charge in [-0.2, -0.15) is 0 Å². The van der Waals surface area contributed by atoms with E-state index in [-0.39, 0.29) is 18.1 Å². The van der Waals surface area contributed by atoms with Crippen LogP contribution in [-0.4, -0.2) is 12.7 Å². The molecule has 2 aromatic rings. The van der Waals surface area contributed by atoms with Crippen molar-refractivity contribution in [3.63, 3.8) is 0 Å². The van der Waals surface area contributed by atoms with E-state index in [0.29, 0.717) is 12.1 Å². The first-order chi connectivity index (χ1) is 12.3. The van der Waals surface area contributed by atoms with E-state index in [0.717, 1.165) is 22.6 Å². The van der Waals surface area contributed by atoms with Gasteiger partial charge >= 0.3 is 0 Å². The predicted molar refractivity (Wildman–Crippen MR) is 103 cm³/mol. The van der Waals surface area contributed by atoms with Crippen LogP contribution in [0.4, 0.5) is 0 Å².